The van der Waals surface area contributed by atoms with Gasteiger partial charge < -0.3 is 19.4 Å². The highest BCUT2D eigenvalue weighted by Gasteiger charge is 2.24. The molecule has 0 atom stereocenters. The summed E-state index contributed by atoms with van der Waals surface area (Å²) in [4.78, 5) is 19.8. The van der Waals surface area contributed by atoms with Crippen LogP contribution in [0.1, 0.15) is 9.67 Å². The number of ether oxygens (including phenoxy) is 1. The topological polar surface area (TPSA) is 61.8 Å². The van der Waals surface area contributed by atoms with Crippen LogP contribution in [0.25, 0.3) is 0 Å². The first-order chi connectivity index (χ1) is 12.7. The molecule has 0 unspecified atom stereocenters. The van der Waals surface area contributed by atoms with Gasteiger partial charge in [0, 0.05) is 55.2 Å². The zero-order valence-corrected chi connectivity index (χ0v) is 16.7. The van der Waals surface area contributed by atoms with Crippen LogP contribution < -0.4 is 9.80 Å². The van der Waals surface area contributed by atoms with Crippen molar-refractivity contribution in [3.05, 3.63) is 33.1 Å². The lowest BCUT2D eigenvalue weighted by molar-refractivity contribution is 0.0751. The second kappa shape index (κ2) is 7.89. The van der Waals surface area contributed by atoms with Gasteiger partial charge in [-0.15, -0.1) is 16.4 Å². The first-order valence-corrected chi connectivity index (χ1v) is 10.3. The molecule has 9 heteroatoms. The fourth-order valence-electron chi connectivity index (χ4n) is 3.21. The molecular formula is C17H20BrN5O2S. The zero-order valence-electron chi connectivity index (χ0n) is 14.3. The normalized spacial score (nSPS) is 18.3. The lowest BCUT2D eigenvalue weighted by atomic mass is 10.2. The van der Waals surface area contributed by atoms with Crippen LogP contribution in [0.3, 0.4) is 0 Å². The molecule has 1 amide bonds. The Bertz CT molecular complexity index is 772. The Kier molecular flexibility index (Phi) is 5.37. The summed E-state index contributed by atoms with van der Waals surface area (Å²) < 4.78 is 6.36. The number of halogens is 1. The summed E-state index contributed by atoms with van der Waals surface area (Å²) in [6, 6.07) is 3.98. The van der Waals surface area contributed by atoms with Crippen molar-refractivity contribution in [1.29, 1.82) is 0 Å². The maximum absolute atomic E-state index is 12.6. The number of piperazine rings is 1. The third-order valence-corrected chi connectivity index (χ3v) is 6.35. The Morgan fingerprint density at radius 2 is 1.85 bits per heavy atom. The highest BCUT2D eigenvalue weighted by molar-refractivity contribution is 9.10. The van der Waals surface area contributed by atoms with Crippen LogP contribution in [0.5, 0.6) is 0 Å². The van der Waals surface area contributed by atoms with E-state index in [0.717, 1.165) is 60.2 Å². The van der Waals surface area contributed by atoms with Crippen LogP contribution in [0, 0.1) is 0 Å². The van der Waals surface area contributed by atoms with Gasteiger partial charge in [-0.05, 0) is 22.0 Å². The van der Waals surface area contributed by atoms with Gasteiger partial charge in [0.25, 0.3) is 5.91 Å². The van der Waals surface area contributed by atoms with Crippen LogP contribution in [0.2, 0.25) is 0 Å². The lowest BCUT2D eigenvalue weighted by Crippen LogP contribution is -2.48. The minimum absolute atomic E-state index is 0.113. The van der Waals surface area contributed by atoms with E-state index in [0.29, 0.717) is 13.1 Å². The predicted octanol–water partition coefficient (Wildman–Crippen LogP) is 2.10. The lowest BCUT2D eigenvalue weighted by Gasteiger charge is -2.36. The van der Waals surface area contributed by atoms with E-state index in [1.165, 1.54) is 11.3 Å². The van der Waals surface area contributed by atoms with Crippen molar-refractivity contribution in [2.75, 3.05) is 62.3 Å². The second-order valence-corrected chi connectivity index (χ2v) is 8.11. The largest absolute Gasteiger partial charge is 0.378 e. The molecule has 0 bridgehead atoms. The van der Waals surface area contributed by atoms with E-state index in [9.17, 15) is 4.79 Å². The van der Waals surface area contributed by atoms with Crippen LogP contribution in [-0.2, 0) is 4.74 Å². The summed E-state index contributed by atoms with van der Waals surface area (Å²) in [6.45, 7) is 6.16. The average molecular weight is 438 g/mol. The maximum Gasteiger partial charge on any atom is 0.264 e. The molecule has 26 heavy (non-hydrogen) atoms. The number of hydrogen-bond donors (Lipinski definition) is 0. The highest BCUT2D eigenvalue weighted by atomic mass is 79.9. The van der Waals surface area contributed by atoms with Gasteiger partial charge in [-0.1, -0.05) is 0 Å². The standard InChI is InChI=1S/C17H20BrN5O2S/c18-13-9-15(26-12-13)17(24)23-3-1-21(2-4-23)14-10-16(20-19-11-14)22-5-7-25-8-6-22/h9-12H,1-8H2. The third kappa shape index (κ3) is 3.84. The van der Waals surface area contributed by atoms with Crippen molar-refractivity contribution >= 4 is 44.7 Å². The van der Waals surface area contributed by atoms with Crippen LogP contribution in [-0.4, -0.2) is 73.5 Å². The number of carbonyl (C=O) groups is 1. The van der Waals surface area contributed by atoms with Gasteiger partial charge in [0.15, 0.2) is 5.82 Å². The molecule has 0 N–H and O–H groups in total. The number of rotatable bonds is 3. The van der Waals surface area contributed by atoms with E-state index >= 15 is 0 Å². The number of anilines is 2. The number of thiophene rings is 1. The second-order valence-electron chi connectivity index (χ2n) is 6.28. The summed E-state index contributed by atoms with van der Waals surface area (Å²) in [5.41, 5.74) is 1.06. The van der Waals surface area contributed by atoms with Crippen LogP contribution >= 0.6 is 27.3 Å². The van der Waals surface area contributed by atoms with E-state index < -0.39 is 0 Å². The van der Waals surface area contributed by atoms with E-state index in [-0.39, 0.29) is 5.91 Å². The molecule has 7 nitrogen and oxygen atoms in total. The predicted molar refractivity (Wildman–Crippen MR) is 105 cm³/mol. The molecule has 0 aliphatic carbocycles. The SMILES string of the molecule is O=C(c1cc(Br)cs1)N1CCN(c2cnnc(N3CCOCC3)c2)CC1. The van der Waals surface area contributed by atoms with Crippen molar-refractivity contribution in [3.63, 3.8) is 0 Å². The van der Waals surface area contributed by atoms with Gasteiger partial charge in [0.1, 0.15) is 0 Å². The fourth-order valence-corrected chi connectivity index (χ4v) is 4.61. The number of hydrogen-bond acceptors (Lipinski definition) is 7. The molecule has 2 fully saturated rings. The maximum atomic E-state index is 12.6. The summed E-state index contributed by atoms with van der Waals surface area (Å²) in [7, 11) is 0. The molecule has 2 aliphatic rings. The highest BCUT2D eigenvalue weighted by Crippen LogP contribution is 2.24. The molecule has 4 heterocycles. The molecule has 0 spiro atoms. The minimum Gasteiger partial charge on any atom is -0.378 e. The monoisotopic (exact) mass is 437 g/mol. The first kappa shape index (κ1) is 17.7. The van der Waals surface area contributed by atoms with Crippen LogP contribution in [0.15, 0.2) is 28.2 Å². The van der Waals surface area contributed by atoms with E-state index in [1.54, 1.807) is 6.20 Å². The van der Waals surface area contributed by atoms with Gasteiger partial charge in [-0.3, -0.25) is 4.79 Å². The van der Waals surface area contributed by atoms with Crippen molar-refractivity contribution in [1.82, 2.24) is 15.1 Å². The first-order valence-electron chi connectivity index (χ1n) is 8.64. The number of aromatic nitrogens is 2. The average Bonchev–Trinajstić information content (AvgIpc) is 3.15. The summed E-state index contributed by atoms with van der Waals surface area (Å²) >= 11 is 4.89. The molecule has 2 saturated heterocycles. The summed E-state index contributed by atoms with van der Waals surface area (Å²) in [5.74, 6) is 1.01. The van der Waals surface area contributed by atoms with E-state index in [1.807, 2.05) is 16.3 Å². The molecule has 2 aromatic heterocycles. The number of carbonyl (C=O) groups excluding carboxylic acids is 1. The Morgan fingerprint density at radius 1 is 1.08 bits per heavy atom. The molecule has 0 radical (unpaired) electrons. The zero-order chi connectivity index (χ0) is 17.9. The Hall–Kier alpha value is -1.71. The van der Waals surface area contributed by atoms with E-state index in [2.05, 4.69) is 42.0 Å². The Morgan fingerprint density at radius 3 is 2.54 bits per heavy atom. The molecule has 2 aliphatic heterocycles. The van der Waals surface area contributed by atoms with E-state index in [4.69, 9.17) is 4.74 Å². The molecule has 138 valence electrons. The third-order valence-electron chi connectivity index (χ3n) is 4.67. The van der Waals surface area contributed by atoms with Gasteiger partial charge >= 0.3 is 0 Å². The molecule has 0 aromatic carbocycles. The van der Waals surface area contributed by atoms with Crippen molar-refractivity contribution in [2.45, 2.75) is 0 Å². The Labute approximate surface area is 164 Å². The van der Waals surface area contributed by atoms with Crippen molar-refractivity contribution < 1.29 is 9.53 Å². The minimum atomic E-state index is 0.113. The summed E-state index contributed by atoms with van der Waals surface area (Å²) in [5, 5.41) is 10.4. The fraction of sp³-hybridized carbons (Fsp3) is 0.471. The quantitative estimate of drug-likeness (QED) is 0.732. The smallest absolute Gasteiger partial charge is 0.264 e. The van der Waals surface area contributed by atoms with Crippen molar-refractivity contribution in [2.24, 2.45) is 0 Å². The van der Waals surface area contributed by atoms with Gasteiger partial charge in [-0.25, -0.2) is 0 Å². The Balaban J connectivity index is 1.39. The number of morpholine rings is 1. The number of amides is 1. The molecule has 4 rings (SSSR count). The number of nitrogens with zero attached hydrogens (tertiary/aromatic N) is 5. The molecule has 0 saturated carbocycles. The van der Waals surface area contributed by atoms with Crippen LogP contribution in [0.4, 0.5) is 11.5 Å². The van der Waals surface area contributed by atoms with Gasteiger partial charge in [-0.2, -0.15) is 5.10 Å². The summed E-state index contributed by atoms with van der Waals surface area (Å²) in [6.07, 6.45) is 1.80. The van der Waals surface area contributed by atoms with Gasteiger partial charge in [0.05, 0.1) is 30.0 Å². The molecular weight excluding hydrogens is 418 g/mol. The van der Waals surface area contributed by atoms with Crippen molar-refractivity contribution in [3.8, 4) is 0 Å². The van der Waals surface area contributed by atoms with Gasteiger partial charge in [0.2, 0.25) is 0 Å². The molecule has 2 aromatic rings.